The van der Waals surface area contributed by atoms with Crippen molar-refractivity contribution in [3.63, 3.8) is 0 Å². The van der Waals surface area contributed by atoms with Crippen LogP contribution in [0.5, 0.6) is 0 Å². The first-order chi connectivity index (χ1) is 16.2. The number of anilines is 1. The minimum atomic E-state index is -0.0450. The van der Waals surface area contributed by atoms with Crippen molar-refractivity contribution in [3.05, 3.63) is 77.7 Å². The molecule has 2 aromatic carbocycles. The van der Waals surface area contributed by atoms with E-state index in [0.717, 1.165) is 27.2 Å². The number of aromatic nitrogens is 2. The van der Waals surface area contributed by atoms with E-state index in [-0.39, 0.29) is 11.9 Å². The highest BCUT2D eigenvalue weighted by molar-refractivity contribution is 7.13. The van der Waals surface area contributed by atoms with E-state index in [2.05, 4.69) is 10.2 Å². The van der Waals surface area contributed by atoms with Crippen LogP contribution in [-0.4, -0.2) is 42.7 Å². The van der Waals surface area contributed by atoms with Crippen molar-refractivity contribution in [2.45, 2.75) is 19.4 Å². The van der Waals surface area contributed by atoms with Gasteiger partial charge in [0.05, 0.1) is 23.0 Å². The van der Waals surface area contributed by atoms with E-state index in [9.17, 15) is 4.79 Å². The monoisotopic (exact) mass is 460 g/mol. The van der Waals surface area contributed by atoms with Crippen molar-refractivity contribution >= 4 is 34.0 Å². The Morgan fingerprint density at radius 2 is 1.82 bits per heavy atom. The van der Waals surface area contributed by atoms with Gasteiger partial charge in [-0.15, -0.1) is 11.3 Å². The van der Waals surface area contributed by atoms with Crippen molar-refractivity contribution < 1.29 is 9.53 Å². The lowest BCUT2D eigenvalue weighted by Gasteiger charge is -2.25. The normalized spacial score (nSPS) is 11.9. The maximum atomic E-state index is 12.8. The summed E-state index contributed by atoms with van der Waals surface area (Å²) in [6.07, 6.45) is 0.355. The molecule has 170 valence electrons. The van der Waals surface area contributed by atoms with Gasteiger partial charge in [-0.2, -0.15) is 0 Å². The molecule has 0 aliphatic heterocycles. The number of hydrogen-bond acceptors (Lipinski definition) is 6. The number of para-hydroxylation sites is 1. The zero-order chi connectivity index (χ0) is 23.0. The van der Waals surface area contributed by atoms with Gasteiger partial charge in [0.25, 0.3) is 0 Å². The summed E-state index contributed by atoms with van der Waals surface area (Å²) in [6.45, 7) is 3.69. The molecule has 33 heavy (non-hydrogen) atoms. The summed E-state index contributed by atoms with van der Waals surface area (Å²) in [5, 5.41) is 6.09. The Morgan fingerprint density at radius 3 is 2.58 bits per heavy atom. The van der Waals surface area contributed by atoms with Crippen molar-refractivity contribution in [2.24, 2.45) is 0 Å². The Morgan fingerprint density at radius 1 is 1.03 bits per heavy atom. The van der Waals surface area contributed by atoms with Crippen LogP contribution < -0.4 is 10.2 Å². The van der Waals surface area contributed by atoms with Crippen molar-refractivity contribution in [2.75, 3.05) is 31.7 Å². The summed E-state index contributed by atoms with van der Waals surface area (Å²) in [5.74, 6) is 1.53. The van der Waals surface area contributed by atoms with Crippen molar-refractivity contribution in [1.82, 2.24) is 15.3 Å². The van der Waals surface area contributed by atoms with Crippen LogP contribution in [0, 0.1) is 0 Å². The number of ether oxygens (including phenoxy) is 1. The molecule has 1 N–H and O–H groups in total. The van der Waals surface area contributed by atoms with Gasteiger partial charge in [0, 0.05) is 32.0 Å². The van der Waals surface area contributed by atoms with Crippen molar-refractivity contribution in [3.8, 4) is 10.7 Å². The SMILES string of the molecule is COCCN(CCC(=O)NC(C)c1ccccc1)c1nc(-c2cccs2)nc2ccccc12. The molecule has 6 nitrogen and oxygen atoms in total. The molecule has 7 heteroatoms. The van der Waals surface area contributed by atoms with Gasteiger partial charge in [0.1, 0.15) is 5.82 Å². The number of fused-ring (bicyclic) bond motifs is 1. The van der Waals surface area contributed by atoms with E-state index >= 15 is 0 Å². The third kappa shape index (κ3) is 5.74. The number of benzene rings is 2. The van der Waals surface area contributed by atoms with Gasteiger partial charge in [0.2, 0.25) is 5.91 Å². The van der Waals surface area contributed by atoms with Crippen LogP contribution in [0.4, 0.5) is 5.82 Å². The average Bonchev–Trinajstić information content (AvgIpc) is 3.39. The smallest absolute Gasteiger partial charge is 0.222 e. The Bertz CT molecular complexity index is 1180. The van der Waals surface area contributed by atoms with Gasteiger partial charge in [0.15, 0.2) is 5.82 Å². The molecular formula is C26H28N4O2S. The van der Waals surface area contributed by atoms with Crippen LogP contribution in [-0.2, 0) is 9.53 Å². The molecule has 4 aromatic rings. The second-order valence-electron chi connectivity index (χ2n) is 7.80. The first-order valence-corrected chi connectivity index (χ1v) is 11.9. The lowest BCUT2D eigenvalue weighted by Crippen LogP contribution is -2.34. The first kappa shape index (κ1) is 22.9. The lowest BCUT2D eigenvalue weighted by atomic mass is 10.1. The quantitative estimate of drug-likeness (QED) is 0.358. The maximum Gasteiger partial charge on any atom is 0.222 e. The van der Waals surface area contributed by atoms with Crippen LogP contribution >= 0.6 is 11.3 Å². The third-order valence-electron chi connectivity index (χ3n) is 5.48. The number of amides is 1. The third-order valence-corrected chi connectivity index (χ3v) is 6.34. The second kappa shape index (κ2) is 11.0. The number of hydrogen-bond donors (Lipinski definition) is 1. The predicted molar refractivity (Wildman–Crippen MR) is 135 cm³/mol. The molecule has 4 rings (SSSR count). The molecule has 0 aliphatic rings. The van der Waals surface area contributed by atoms with Crippen LogP contribution in [0.1, 0.15) is 24.9 Å². The molecule has 1 amide bonds. The van der Waals surface area contributed by atoms with E-state index in [1.165, 1.54) is 0 Å². The Hall–Kier alpha value is -3.29. The summed E-state index contributed by atoms with van der Waals surface area (Å²) in [6, 6.07) is 22.0. The maximum absolute atomic E-state index is 12.8. The Kier molecular flexibility index (Phi) is 7.65. The molecule has 1 atom stereocenters. The second-order valence-corrected chi connectivity index (χ2v) is 8.74. The number of nitrogens with one attached hydrogen (secondary N) is 1. The molecule has 0 fully saturated rings. The van der Waals surface area contributed by atoms with E-state index in [0.29, 0.717) is 31.9 Å². The largest absolute Gasteiger partial charge is 0.383 e. The molecule has 1 unspecified atom stereocenters. The van der Waals surface area contributed by atoms with Crippen LogP contribution in [0.25, 0.3) is 21.6 Å². The molecule has 2 heterocycles. The molecule has 0 saturated carbocycles. The number of rotatable bonds is 10. The predicted octanol–water partition coefficient (Wildman–Crippen LogP) is 5.08. The number of nitrogens with zero attached hydrogens (tertiary/aromatic N) is 3. The van der Waals surface area contributed by atoms with E-state index < -0.39 is 0 Å². The summed E-state index contributed by atoms with van der Waals surface area (Å²) in [4.78, 5) is 25.6. The van der Waals surface area contributed by atoms with E-state index in [1.807, 2.05) is 79.0 Å². The minimum Gasteiger partial charge on any atom is -0.383 e. The fraction of sp³-hybridized carbons (Fsp3) is 0.269. The van der Waals surface area contributed by atoms with Gasteiger partial charge in [-0.05, 0) is 36.1 Å². The summed E-state index contributed by atoms with van der Waals surface area (Å²) in [7, 11) is 1.68. The van der Waals surface area contributed by atoms with Crippen LogP contribution in [0.2, 0.25) is 0 Å². The number of carbonyl (C=O) groups is 1. The van der Waals surface area contributed by atoms with Gasteiger partial charge >= 0.3 is 0 Å². The Balaban J connectivity index is 1.56. The number of carbonyl (C=O) groups excluding carboxylic acids is 1. The summed E-state index contributed by atoms with van der Waals surface area (Å²) < 4.78 is 5.35. The van der Waals surface area contributed by atoms with Crippen LogP contribution in [0.15, 0.2) is 72.1 Å². The zero-order valence-corrected chi connectivity index (χ0v) is 19.7. The molecule has 0 radical (unpaired) electrons. The fourth-order valence-corrected chi connectivity index (χ4v) is 4.37. The molecule has 0 bridgehead atoms. The zero-order valence-electron chi connectivity index (χ0n) is 18.9. The van der Waals surface area contributed by atoms with Crippen LogP contribution in [0.3, 0.4) is 0 Å². The molecule has 0 aliphatic carbocycles. The summed E-state index contributed by atoms with van der Waals surface area (Å²) in [5.41, 5.74) is 1.97. The van der Waals surface area contributed by atoms with Gasteiger partial charge in [-0.25, -0.2) is 9.97 Å². The molecule has 0 spiro atoms. The topological polar surface area (TPSA) is 67.3 Å². The van der Waals surface area contributed by atoms with Gasteiger partial charge < -0.3 is 15.0 Å². The fourth-order valence-electron chi connectivity index (χ4n) is 3.72. The molecular weight excluding hydrogens is 432 g/mol. The standard InChI is InChI=1S/C26H28N4O2S/c1-19(20-9-4-3-5-10-20)27-24(31)14-15-30(16-17-32-2)26-21-11-6-7-12-22(21)28-25(29-26)23-13-8-18-33-23/h3-13,18-19H,14-17H2,1-2H3,(H,27,31). The number of methoxy groups -OCH3 is 1. The van der Waals surface area contributed by atoms with Gasteiger partial charge in [-0.1, -0.05) is 48.5 Å². The van der Waals surface area contributed by atoms with E-state index in [1.54, 1.807) is 18.4 Å². The van der Waals surface area contributed by atoms with Gasteiger partial charge in [-0.3, -0.25) is 4.79 Å². The summed E-state index contributed by atoms with van der Waals surface area (Å²) >= 11 is 1.61. The Labute approximate surface area is 198 Å². The first-order valence-electron chi connectivity index (χ1n) is 11.0. The molecule has 0 saturated heterocycles. The highest BCUT2D eigenvalue weighted by Crippen LogP contribution is 2.29. The highest BCUT2D eigenvalue weighted by Gasteiger charge is 2.18. The number of thiophene rings is 1. The average molecular weight is 461 g/mol. The van der Waals surface area contributed by atoms with Crippen molar-refractivity contribution in [1.29, 1.82) is 0 Å². The minimum absolute atomic E-state index is 0.00520. The lowest BCUT2D eigenvalue weighted by molar-refractivity contribution is -0.121. The molecule has 2 aromatic heterocycles. The highest BCUT2D eigenvalue weighted by atomic mass is 32.1. The van der Waals surface area contributed by atoms with E-state index in [4.69, 9.17) is 14.7 Å².